The zero-order valence-electron chi connectivity index (χ0n) is 12.9. The first kappa shape index (κ1) is 16.6. The Kier molecular flexibility index (Phi) is 4.74. The van der Waals surface area contributed by atoms with Crippen molar-refractivity contribution in [3.8, 4) is 0 Å². The Balaban J connectivity index is 2.75. The van der Waals surface area contributed by atoms with Crippen LogP contribution in [0, 0.1) is 12.7 Å². The van der Waals surface area contributed by atoms with E-state index in [-0.39, 0.29) is 28.7 Å². The first-order valence-electron chi connectivity index (χ1n) is 6.97. The Hall–Kier alpha value is -2.76. The van der Waals surface area contributed by atoms with E-state index in [0.717, 1.165) is 12.1 Å². The molecular weight excluding hydrogens is 303 g/mol. The third kappa shape index (κ3) is 3.53. The van der Waals surface area contributed by atoms with E-state index in [2.05, 4.69) is 0 Å². The molecule has 0 atom stereocenters. The minimum absolute atomic E-state index is 0.0358. The summed E-state index contributed by atoms with van der Waals surface area (Å²) in [6.07, 6.45) is 1.17. The lowest BCUT2D eigenvalue weighted by Gasteiger charge is -2.06. The molecule has 2 rings (SSSR count). The summed E-state index contributed by atoms with van der Waals surface area (Å²) < 4.78 is 24.1. The fourth-order valence-electron chi connectivity index (χ4n) is 2.14. The van der Waals surface area contributed by atoms with Crippen LogP contribution in [0.2, 0.25) is 0 Å². The van der Waals surface area contributed by atoms with Crippen LogP contribution in [-0.4, -0.2) is 18.4 Å². The fourth-order valence-corrected chi connectivity index (χ4v) is 2.14. The molecule has 0 aliphatic carbocycles. The fraction of sp³-hybridized carbons (Fsp3) is 0.235. The number of ketones is 1. The van der Waals surface area contributed by atoms with Crippen LogP contribution in [-0.2, 0) is 14.3 Å². The molecule has 6 heteroatoms. The lowest BCUT2D eigenvalue weighted by Crippen LogP contribution is -2.13. The number of esters is 1. The molecule has 23 heavy (non-hydrogen) atoms. The van der Waals surface area contributed by atoms with Crippen molar-refractivity contribution in [2.24, 2.45) is 0 Å². The van der Waals surface area contributed by atoms with E-state index in [9.17, 15) is 18.8 Å². The number of Topliss-reactive ketones (excluding diaryl/α,β-unsaturated/α-hetero) is 1. The Morgan fingerprint density at radius 3 is 2.61 bits per heavy atom. The molecule has 2 aromatic rings. The molecular formula is C17H15FO5. The number of carbonyl (C=O) groups is 2. The van der Waals surface area contributed by atoms with E-state index in [1.54, 1.807) is 13.8 Å². The largest absolute Gasteiger partial charge is 0.462 e. The number of rotatable bonds is 4. The molecule has 0 saturated carbocycles. The standard InChI is InChI=1S/C17H15FO5/c1-4-22-17(21)13(10(3)19)7-11-6-12(18)8-14-15(20)5-9(2)23-16(11)14/h5-8H,4H2,1-3H3/b13-7+. The number of carbonyl (C=O) groups excluding carboxylic acids is 2. The lowest BCUT2D eigenvalue weighted by atomic mass is 10.0. The second-order valence-corrected chi connectivity index (χ2v) is 4.93. The van der Waals surface area contributed by atoms with E-state index < -0.39 is 23.0 Å². The van der Waals surface area contributed by atoms with E-state index >= 15 is 0 Å². The molecule has 1 heterocycles. The van der Waals surface area contributed by atoms with Crippen molar-refractivity contribution in [3.63, 3.8) is 0 Å². The summed E-state index contributed by atoms with van der Waals surface area (Å²) in [5, 5.41) is 0.0358. The van der Waals surface area contributed by atoms with Gasteiger partial charge in [0.15, 0.2) is 11.2 Å². The molecule has 1 aromatic heterocycles. The average molecular weight is 318 g/mol. The Bertz CT molecular complexity index is 876. The number of hydrogen-bond acceptors (Lipinski definition) is 5. The molecule has 0 spiro atoms. The van der Waals surface area contributed by atoms with Crippen molar-refractivity contribution in [2.75, 3.05) is 6.61 Å². The van der Waals surface area contributed by atoms with Crippen LogP contribution in [0.3, 0.4) is 0 Å². The molecule has 120 valence electrons. The highest BCUT2D eigenvalue weighted by atomic mass is 19.1. The number of aryl methyl sites for hydroxylation is 1. The molecule has 0 bridgehead atoms. The van der Waals surface area contributed by atoms with Gasteiger partial charge < -0.3 is 9.15 Å². The van der Waals surface area contributed by atoms with Gasteiger partial charge in [0.2, 0.25) is 0 Å². The van der Waals surface area contributed by atoms with Crippen molar-refractivity contribution in [3.05, 3.63) is 51.1 Å². The van der Waals surface area contributed by atoms with Gasteiger partial charge in [-0.2, -0.15) is 0 Å². The maximum atomic E-state index is 13.8. The van der Waals surface area contributed by atoms with Gasteiger partial charge in [-0.3, -0.25) is 9.59 Å². The molecule has 0 saturated heterocycles. The highest BCUT2D eigenvalue weighted by Crippen LogP contribution is 2.22. The zero-order valence-corrected chi connectivity index (χ0v) is 12.9. The number of halogens is 1. The first-order chi connectivity index (χ1) is 10.8. The smallest absolute Gasteiger partial charge is 0.341 e. The topological polar surface area (TPSA) is 73.6 Å². The maximum absolute atomic E-state index is 13.8. The summed E-state index contributed by atoms with van der Waals surface area (Å²) in [4.78, 5) is 35.5. The van der Waals surface area contributed by atoms with Gasteiger partial charge in [0.1, 0.15) is 22.7 Å². The predicted molar refractivity (Wildman–Crippen MR) is 82.5 cm³/mol. The van der Waals surface area contributed by atoms with Crippen LogP contribution in [0.25, 0.3) is 17.0 Å². The quantitative estimate of drug-likeness (QED) is 0.375. The van der Waals surface area contributed by atoms with Gasteiger partial charge in [0, 0.05) is 11.6 Å². The number of benzene rings is 1. The van der Waals surface area contributed by atoms with E-state index in [1.807, 2.05) is 0 Å². The van der Waals surface area contributed by atoms with Crippen molar-refractivity contribution in [1.29, 1.82) is 0 Å². The molecule has 1 aromatic carbocycles. The van der Waals surface area contributed by atoms with Crippen LogP contribution in [0.5, 0.6) is 0 Å². The molecule has 0 N–H and O–H groups in total. The van der Waals surface area contributed by atoms with Crippen molar-refractivity contribution >= 4 is 28.8 Å². The summed E-state index contributed by atoms with van der Waals surface area (Å²) in [6, 6.07) is 3.38. The van der Waals surface area contributed by atoms with E-state index in [0.29, 0.717) is 5.76 Å². The van der Waals surface area contributed by atoms with Crippen LogP contribution in [0.4, 0.5) is 4.39 Å². The Labute approximate surface area is 131 Å². The van der Waals surface area contributed by atoms with Crippen LogP contribution >= 0.6 is 0 Å². The Morgan fingerprint density at radius 2 is 2.00 bits per heavy atom. The predicted octanol–water partition coefficient (Wildman–Crippen LogP) is 2.78. The SMILES string of the molecule is CCOC(=O)/C(=C/c1cc(F)cc2c(=O)cc(C)oc12)C(C)=O. The molecule has 0 radical (unpaired) electrons. The molecule has 0 amide bonds. The molecule has 0 aliphatic heterocycles. The van der Waals surface area contributed by atoms with Crippen LogP contribution in [0.1, 0.15) is 25.2 Å². The molecule has 0 fully saturated rings. The minimum Gasteiger partial charge on any atom is -0.462 e. The van der Waals surface area contributed by atoms with Gasteiger partial charge in [-0.15, -0.1) is 0 Å². The summed E-state index contributed by atoms with van der Waals surface area (Å²) >= 11 is 0. The summed E-state index contributed by atoms with van der Waals surface area (Å²) in [7, 11) is 0. The van der Waals surface area contributed by atoms with Crippen molar-refractivity contribution in [2.45, 2.75) is 20.8 Å². The first-order valence-corrected chi connectivity index (χ1v) is 6.97. The number of ether oxygens (including phenoxy) is 1. The molecule has 5 nitrogen and oxygen atoms in total. The highest BCUT2D eigenvalue weighted by molar-refractivity contribution is 6.20. The second-order valence-electron chi connectivity index (χ2n) is 4.93. The van der Waals surface area contributed by atoms with Crippen LogP contribution in [0.15, 0.2) is 33.0 Å². The number of fused-ring (bicyclic) bond motifs is 1. The van der Waals surface area contributed by atoms with Gasteiger partial charge >= 0.3 is 5.97 Å². The molecule has 0 unspecified atom stereocenters. The van der Waals surface area contributed by atoms with Crippen molar-refractivity contribution in [1.82, 2.24) is 0 Å². The molecule has 0 aliphatic rings. The van der Waals surface area contributed by atoms with Gasteiger partial charge in [-0.25, -0.2) is 9.18 Å². The van der Waals surface area contributed by atoms with Gasteiger partial charge in [-0.05, 0) is 39.0 Å². The van der Waals surface area contributed by atoms with Gasteiger partial charge in [0.05, 0.1) is 12.0 Å². The van der Waals surface area contributed by atoms with E-state index in [4.69, 9.17) is 9.15 Å². The third-order valence-corrected chi connectivity index (χ3v) is 3.12. The summed E-state index contributed by atoms with van der Waals surface area (Å²) in [5.74, 6) is -1.68. The van der Waals surface area contributed by atoms with E-state index in [1.165, 1.54) is 19.1 Å². The lowest BCUT2D eigenvalue weighted by molar-refractivity contribution is -0.139. The zero-order chi connectivity index (χ0) is 17.1. The van der Waals surface area contributed by atoms with Crippen molar-refractivity contribution < 1.29 is 23.1 Å². The minimum atomic E-state index is -0.813. The Morgan fingerprint density at radius 1 is 1.30 bits per heavy atom. The normalized spacial score (nSPS) is 11.6. The van der Waals surface area contributed by atoms with Gasteiger partial charge in [-0.1, -0.05) is 0 Å². The monoisotopic (exact) mass is 318 g/mol. The van der Waals surface area contributed by atoms with Gasteiger partial charge in [0.25, 0.3) is 0 Å². The highest BCUT2D eigenvalue weighted by Gasteiger charge is 2.18. The van der Waals surface area contributed by atoms with Crippen LogP contribution < -0.4 is 5.43 Å². The average Bonchev–Trinajstić information content (AvgIpc) is 2.45. The third-order valence-electron chi connectivity index (χ3n) is 3.12. The number of hydrogen-bond donors (Lipinski definition) is 0. The summed E-state index contributed by atoms with van der Waals surface area (Å²) in [6.45, 7) is 4.48. The maximum Gasteiger partial charge on any atom is 0.341 e. The second kappa shape index (κ2) is 6.56. The summed E-state index contributed by atoms with van der Waals surface area (Å²) in [5.41, 5.74) is -0.417.